The van der Waals surface area contributed by atoms with Crippen molar-refractivity contribution in [2.45, 2.75) is 52.1 Å². The van der Waals surface area contributed by atoms with Crippen LogP contribution < -0.4 is 9.47 Å². The normalized spacial score (nSPS) is 15.6. The molecule has 4 heteroatoms. The van der Waals surface area contributed by atoms with Crippen LogP contribution in [-0.2, 0) is 9.53 Å². The van der Waals surface area contributed by atoms with Gasteiger partial charge in [-0.1, -0.05) is 6.42 Å². The summed E-state index contributed by atoms with van der Waals surface area (Å²) in [5, 5.41) is 0. The summed E-state index contributed by atoms with van der Waals surface area (Å²) >= 11 is 0. The SMILES string of the molecule is CCOc1ccc(OCC)c(C=CC(=O)OC2CCCCC2)c1. The molecule has 0 saturated heterocycles. The van der Waals surface area contributed by atoms with E-state index in [2.05, 4.69) is 0 Å². The summed E-state index contributed by atoms with van der Waals surface area (Å²) in [5.74, 6) is 1.20. The van der Waals surface area contributed by atoms with E-state index in [1.54, 1.807) is 6.08 Å². The highest BCUT2D eigenvalue weighted by Crippen LogP contribution is 2.26. The second-order valence-corrected chi connectivity index (χ2v) is 5.60. The van der Waals surface area contributed by atoms with Crippen LogP contribution in [0.5, 0.6) is 11.5 Å². The van der Waals surface area contributed by atoms with Gasteiger partial charge in [0.1, 0.15) is 17.6 Å². The van der Waals surface area contributed by atoms with Crippen molar-refractivity contribution in [3.05, 3.63) is 29.8 Å². The van der Waals surface area contributed by atoms with E-state index in [1.807, 2.05) is 32.0 Å². The van der Waals surface area contributed by atoms with Crippen LogP contribution in [0.3, 0.4) is 0 Å². The Balaban J connectivity index is 2.03. The van der Waals surface area contributed by atoms with E-state index in [4.69, 9.17) is 14.2 Å². The molecule has 0 heterocycles. The number of rotatable bonds is 7. The molecule has 1 aromatic rings. The lowest BCUT2D eigenvalue weighted by atomic mass is 9.98. The van der Waals surface area contributed by atoms with E-state index >= 15 is 0 Å². The van der Waals surface area contributed by atoms with E-state index < -0.39 is 0 Å². The van der Waals surface area contributed by atoms with Crippen molar-refractivity contribution in [1.29, 1.82) is 0 Å². The second-order valence-electron chi connectivity index (χ2n) is 5.60. The van der Waals surface area contributed by atoms with Crippen molar-refractivity contribution in [1.82, 2.24) is 0 Å². The zero-order valence-corrected chi connectivity index (χ0v) is 14.0. The third-order valence-corrected chi connectivity index (χ3v) is 3.83. The smallest absolute Gasteiger partial charge is 0.331 e. The van der Waals surface area contributed by atoms with Gasteiger partial charge in [-0.2, -0.15) is 0 Å². The summed E-state index contributed by atoms with van der Waals surface area (Å²) in [5.41, 5.74) is 0.818. The van der Waals surface area contributed by atoms with Crippen LogP contribution in [0, 0.1) is 0 Å². The maximum atomic E-state index is 12.0. The zero-order chi connectivity index (χ0) is 16.5. The van der Waals surface area contributed by atoms with Gasteiger partial charge in [-0.05, 0) is 63.8 Å². The summed E-state index contributed by atoms with van der Waals surface area (Å²) in [6.07, 6.45) is 8.76. The molecular weight excluding hydrogens is 292 g/mol. The molecule has 0 atom stereocenters. The Morgan fingerprint density at radius 1 is 1.13 bits per heavy atom. The highest BCUT2D eigenvalue weighted by Gasteiger charge is 2.16. The maximum absolute atomic E-state index is 12.0. The van der Waals surface area contributed by atoms with E-state index in [0.29, 0.717) is 13.2 Å². The van der Waals surface area contributed by atoms with Gasteiger partial charge in [-0.3, -0.25) is 0 Å². The highest BCUT2D eigenvalue weighted by molar-refractivity contribution is 5.87. The highest BCUT2D eigenvalue weighted by atomic mass is 16.5. The lowest BCUT2D eigenvalue weighted by Gasteiger charge is -2.20. The fourth-order valence-electron chi connectivity index (χ4n) is 2.74. The van der Waals surface area contributed by atoms with Crippen LogP contribution in [0.15, 0.2) is 24.3 Å². The molecule has 0 aliphatic heterocycles. The number of ether oxygens (including phenoxy) is 3. The Morgan fingerprint density at radius 2 is 1.87 bits per heavy atom. The molecule has 0 amide bonds. The molecule has 1 aromatic carbocycles. The van der Waals surface area contributed by atoms with Crippen molar-refractivity contribution in [2.75, 3.05) is 13.2 Å². The van der Waals surface area contributed by atoms with Crippen LogP contribution >= 0.6 is 0 Å². The minimum absolute atomic E-state index is 0.0713. The van der Waals surface area contributed by atoms with Gasteiger partial charge in [0.25, 0.3) is 0 Å². The second kappa shape index (κ2) is 9.23. The number of carbonyl (C=O) groups excluding carboxylic acids is 1. The third kappa shape index (κ3) is 5.62. The molecule has 0 unspecified atom stereocenters. The summed E-state index contributed by atoms with van der Waals surface area (Å²) in [6, 6.07) is 5.60. The summed E-state index contributed by atoms with van der Waals surface area (Å²) in [7, 11) is 0. The summed E-state index contributed by atoms with van der Waals surface area (Å²) in [4.78, 5) is 12.0. The van der Waals surface area contributed by atoms with Crippen molar-refractivity contribution >= 4 is 12.0 Å². The third-order valence-electron chi connectivity index (χ3n) is 3.83. The zero-order valence-electron chi connectivity index (χ0n) is 14.0. The van der Waals surface area contributed by atoms with Crippen molar-refractivity contribution in [3.63, 3.8) is 0 Å². The van der Waals surface area contributed by atoms with E-state index in [-0.39, 0.29) is 12.1 Å². The predicted octanol–water partition coefficient (Wildman–Crippen LogP) is 4.37. The van der Waals surface area contributed by atoms with Crippen LogP contribution in [0.2, 0.25) is 0 Å². The van der Waals surface area contributed by atoms with Crippen molar-refractivity contribution < 1.29 is 19.0 Å². The standard InChI is InChI=1S/C19H26O4/c1-3-21-17-11-12-18(22-4-2)15(14-17)10-13-19(20)23-16-8-6-5-7-9-16/h10-14,16H,3-9H2,1-2H3. The lowest BCUT2D eigenvalue weighted by Crippen LogP contribution is -2.19. The van der Waals surface area contributed by atoms with Crippen LogP contribution in [0.4, 0.5) is 0 Å². The monoisotopic (exact) mass is 318 g/mol. The predicted molar refractivity (Wildman–Crippen MR) is 90.8 cm³/mol. The largest absolute Gasteiger partial charge is 0.494 e. The number of benzene rings is 1. The maximum Gasteiger partial charge on any atom is 0.331 e. The number of hydrogen-bond donors (Lipinski definition) is 0. The van der Waals surface area contributed by atoms with Gasteiger partial charge in [0.05, 0.1) is 13.2 Å². The molecular formula is C19H26O4. The van der Waals surface area contributed by atoms with Crippen LogP contribution in [-0.4, -0.2) is 25.3 Å². The van der Waals surface area contributed by atoms with Gasteiger partial charge in [0.15, 0.2) is 0 Å². The Kier molecular flexibility index (Phi) is 6.98. The van der Waals surface area contributed by atoms with Gasteiger partial charge >= 0.3 is 5.97 Å². The van der Waals surface area contributed by atoms with Gasteiger partial charge in [0.2, 0.25) is 0 Å². The fraction of sp³-hybridized carbons (Fsp3) is 0.526. The Bertz CT molecular complexity index is 530. The number of carbonyl (C=O) groups is 1. The van der Waals surface area contributed by atoms with Gasteiger partial charge in [-0.25, -0.2) is 4.79 Å². The molecule has 1 fully saturated rings. The minimum atomic E-state index is -0.291. The molecule has 1 aliphatic rings. The fourth-order valence-corrected chi connectivity index (χ4v) is 2.74. The first-order valence-corrected chi connectivity index (χ1v) is 8.51. The first-order chi connectivity index (χ1) is 11.2. The van der Waals surface area contributed by atoms with Gasteiger partial charge in [0, 0.05) is 11.6 Å². The number of hydrogen-bond acceptors (Lipinski definition) is 4. The molecule has 0 bridgehead atoms. The van der Waals surface area contributed by atoms with E-state index in [1.165, 1.54) is 12.5 Å². The Labute approximate surface area is 138 Å². The van der Waals surface area contributed by atoms with E-state index in [9.17, 15) is 4.79 Å². The first kappa shape index (κ1) is 17.4. The average molecular weight is 318 g/mol. The molecule has 126 valence electrons. The Hall–Kier alpha value is -1.97. The summed E-state index contributed by atoms with van der Waals surface area (Å²) < 4.78 is 16.6. The topological polar surface area (TPSA) is 44.8 Å². The van der Waals surface area contributed by atoms with Gasteiger partial charge < -0.3 is 14.2 Å². The van der Waals surface area contributed by atoms with Crippen molar-refractivity contribution in [3.8, 4) is 11.5 Å². The summed E-state index contributed by atoms with van der Waals surface area (Å²) in [6.45, 7) is 5.04. The molecule has 1 aliphatic carbocycles. The molecule has 0 spiro atoms. The lowest BCUT2D eigenvalue weighted by molar-refractivity contribution is -0.144. The van der Waals surface area contributed by atoms with E-state index in [0.717, 1.165) is 42.7 Å². The van der Waals surface area contributed by atoms with Gasteiger partial charge in [-0.15, -0.1) is 0 Å². The molecule has 0 aromatic heterocycles. The number of esters is 1. The Morgan fingerprint density at radius 3 is 2.57 bits per heavy atom. The van der Waals surface area contributed by atoms with Crippen LogP contribution in [0.1, 0.15) is 51.5 Å². The first-order valence-electron chi connectivity index (χ1n) is 8.51. The average Bonchev–Trinajstić information content (AvgIpc) is 2.56. The molecule has 2 rings (SSSR count). The molecule has 23 heavy (non-hydrogen) atoms. The minimum Gasteiger partial charge on any atom is -0.494 e. The molecule has 0 radical (unpaired) electrons. The molecule has 0 N–H and O–H groups in total. The van der Waals surface area contributed by atoms with Crippen LogP contribution in [0.25, 0.3) is 6.08 Å². The molecule has 4 nitrogen and oxygen atoms in total. The quantitative estimate of drug-likeness (QED) is 0.553. The molecule has 1 saturated carbocycles. The van der Waals surface area contributed by atoms with Crippen molar-refractivity contribution in [2.24, 2.45) is 0 Å².